The number of ether oxygens (including phenoxy) is 2. The first kappa shape index (κ1) is 16.8. The van der Waals surface area contributed by atoms with Crippen molar-refractivity contribution < 1.29 is 14.3 Å². The molecule has 1 aliphatic carbocycles. The average Bonchev–Trinajstić information content (AvgIpc) is 3.23. The first-order valence-electron chi connectivity index (χ1n) is 8.81. The Hall–Kier alpha value is -2.66. The Morgan fingerprint density at radius 2 is 2.31 bits per heavy atom. The van der Waals surface area contributed by atoms with E-state index in [0.29, 0.717) is 24.2 Å². The minimum atomic E-state index is -1.12. The van der Waals surface area contributed by atoms with Gasteiger partial charge in [-0.2, -0.15) is 10.4 Å². The van der Waals surface area contributed by atoms with E-state index in [-0.39, 0.29) is 18.7 Å². The molecule has 136 valence electrons. The van der Waals surface area contributed by atoms with Gasteiger partial charge in [-0.25, -0.2) is 9.50 Å². The van der Waals surface area contributed by atoms with Crippen molar-refractivity contribution in [3.63, 3.8) is 0 Å². The summed E-state index contributed by atoms with van der Waals surface area (Å²) in [5, 5.41) is 13.9. The van der Waals surface area contributed by atoms with Gasteiger partial charge in [0.05, 0.1) is 11.1 Å². The van der Waals surface area contributed by atoms with E-state index in [4.69, 9.17) is 15.2 Å². The number of rotatable bonds is 4. The Labute approximate surface area is 150 Å². The van der Waals surface area contributed by atoms with E-state index in [0.717, 1.165) is 25.0 Å². The molecule has 8 nitrogen and oxygen atoms in total. The van der Waals surface area contributed by atoms with Crippen LogP contribution in [0.1, 0.15) is 50.8 Å². The molecule has 1 saturated heterocycles. The van der Waals surface area contributed by atoms with Crippen molar-refractivity contribution in [3.05, 3.63) is 24.2 Å². The molecule has 0 aromatic carbocycles. The van der Waals surface area contributed by atoms with E-state index >= 15 is 0 Å². The molecule has 2 aromatic heterocycles. The monoisotopic (exact) mass is 355 g/mol. The summed E-state index contributed by atoms with van der Waals surface area (Å²) in [5.41, 5.74) is 5.85. The molecule has 2 atom stereocenters. The van der Waals surface area contributed by atoms with Crippen molar-refractivity contribution in [3.8, 4) is 6.07 Å². The number of nitrogen functional groups attached to an aromatic ring is 1. The highest BCUT2D eigenvalue weighted by atomic mass is 16.6. The summed E-state index contributed by atoms with van der Waals surface area (Å²) in [5.74, 6) is 0.151. The lowest BCUT2D eigenvalue weighted by Gasteiger charge is -2.36. The van der Waals surface area contributed by atoms with E-state index in [9.17, 15) is 10.1 Å². The second kappa shape index (κ2) is 5.95. The predicted octanol–water partition coefficient (Wildman–Crippen LogP) is 2.16. The minimum absolute atomic E-state index is 0.0468. The molecule has 2 aliphatic rings. The highest BCUT2D eigenvalue weighted by Crippen LogP contribution is 2.43. The lowest BCUT2D eigenvalue weighted by atomic mass is 9.70. The maximum Gasteiger partial charge on any atom is 0.311 e. The summed E-state index contributed by atoms with van der Waals surface area (Å²) < 4.78 is 13.2. The SMILES string of the molecule is CC1(C(=O)OC[C@]2(C#N)CCC(c3ccc4c(N)ncnn34)O2)CCC1. The van der Waals surface area contributed by atoms with Gasteiger partial charge in [-0.05, 0) is 44.7 Å². The van der Waals surface area contributed by atoms with Gasteiger partial charge in [-0.3, -0.25) is 4.79 Å². The van der Waals surface area contributed by atoms with Crippen LogP contribution in [0.4, 0.5) is 5.82 Å². The number of nitrogens with zero attached hydrogens (tertiary/aromatic N) is 4. The van der Waals surface area contributed by atoms with E-state index in [1.807, 2.05) is 19.1 Å². The molecule has 3 heterocycles. The fourth-order valence-corrected chi connectivity index (χ4v) is 3.67. The van der Waals surface area contributed by atoms with Crippen LogP contribution in [0.25, 0.3) is 5.52 Å². The summed E-state index contributed by atoms with van der Waals surface area (Å²) in [4.78, 5) is 16.2. The minimum Gasteiger partial charge on any atom is -0.461 e. The van der Waals surface area contributed by atoms with Crippen LogP contribution in [0.5, 0.6) is 0 Å². The number of hydrogen-bond acceptors (Lipinski definition) is 7. The van der Waals surface area contributed by atoms with Crippen LogP contribution in [-0.4, -0.2) is 32.8 Å². The molecule has 0 radical (unpaired) electrons. The summed E-state index contributed by atoms with van der Waals surface area (Å²) >= 11 is 0. The van der Waals surface area contributed by atoms with E-state index in [2.05, 4.69) is 16.2 Å². The number of anilines is 1. The summed E-state index contributed by atoms with van der Waals surface area (Å²) in [7, 11) is 0. The molecule has 1 aliphatic heterocycles. The van der Waals surface area contributed by atoms with Crippen molar-refractivity contribution in [1.82, 2.24) is 14.6 Å². The molecule has 1 saturated carbocycles. The van der Waals surface area contributed by atoms with Gasteiger partial charge in [0.1, 0.15) is 30.6 Å². The van der Waals surface area contributed by atoms with E-state index in [1.165, 1.54) is 6.33 Å². The van der Waals surface area contributed by atoms with Crippen LogP contribution in [0.2, 0.25) is 0 Å². The van der Waals surface area contributed by atoms with Gasteiger partial charge < -0.3 is 15.2 Å². The zero-order valence-electron chi connectivity index (χ0n) is 14.6. The Morgan fingerprint density at radius 1 is 1.50 bits per heavy atom. The van der Waals surface area contributed by atoms with Crippen LogP contribution in [-0.2, 0) is 14.3 Å². The van der Waals surface area contributed by atoms with E-state index in [1.54, 1.807) is 4.52 Å². The second-order valence-electron chi connectivity index (χ2n) is 7.44. The molecule has 26 heavy (non-hydrogen) atoms. The summed E-state index contributed by atoms with van der Waals surface area (Å²) in [6.45, 7) is 1.86. The molecule has 0 amide bonds. The Morgan fingerprint density at radius 3 is 3.00 bits per heavy atom. The zero-order valence-corrected chi connectivity index (χ0v) is 14.6. The molecule has 2 fully saturated rings. The van der Waals surface area contributed by atoms with Crippen molar-refractivity contribution in [1.29, 1.82) is 5.26 Å². The number of nitrogens with two attached hydrogens (primary N) is 1. The first-order valence-corrected chi connectivity index (χ1v) is 8.81. The van der Waals surface area contributed by atoms with Gasteiger partial charge in [0.15, 0.2) is 11.4 Å². The Balaban J connectivity index is 1.49. The number of aromatic nitrogens is 3. The molecule has 4 rings (SSSR count). The number of fused-ring (bicyclic) bond motifs is 1. The molecule has 0 spiro atoms. The number of hydrogen-bond donors (Lipinski definition) is 1. The number of carbonyl (C=O) groups excluding carboxylic acids is 1. The standard InChI is InChI=1S/C18H21N5O3/c1-17(6-2-7-17)16(24)25-10-18(9-19)8-5-14(26-18)12-3-4-13-15(20)21-11-22-23(12)13/h3-4,11,14H,2,5-8,10H2,1H3,(H2,20,21,22)/t14?,18-/m1/s1. The summed E-state index contributed by atoms with van der Waals surface area (Å²) in [6.07, 6.45) is 4.92. The summed E-state index contributed by atoms with van der Waals surface area (Å²) in [6, 6.07) is 5.91. The molecular weight excluding hydrogens is 334 g/mol. The third kappa shape index (κ3) is 2.59. The third-order valence-corrected chi connectivity index (χ3v) is 5.61. The quantitative estimate of drug-likeness (QED) is 0.835. The molecule has 1 unspecified atom stereocenters. The highest BCUT2D eigenvalue weighted by molar-refractivity contribution is 5.77. The van der Waals surface area contributed by atoms with Crippen molar-refractivity contribution in [2.75, 3.05) is 12.3 Å². The smallest absolute Gasteiger partial charge is 0.311 e. The topological polar surface area (TPSA) is 116 Å². The van der Waals surface area contributed by atoms with Crippen molar-refractivity contribution in [2.45, 2.75) is 50.7 Å². The lowest BCUT2D eigenvalue weighted by molar-refractivity contribution is -0.167. The van der Waals surface area contributed by atoms with Gasteiger partial charge in [0.2, 0.25) is 0 Å². The van der Waals surface area contributed by atoms with Gasteiger partial charge in [0.25, 0.3) is 0 Å². The Bertz CT molecular complexity index is 898. The zero-order chi connectivity index (χ0) is 18.4. The van der Waals surface area contributed by atoms with Crippen LogP contribution in [0.15, 0.2) is 18.5 Å². The molecule has 2 N–H and O–H groups in total. The number of nitriles is 1. The number of esters is 1. The van der Waals surface area contributed by atoms with Crippen LogP contribution < -0.4 is 5.73 Å². The molecule has 2 aromatic rings. The van der Waals surface area contributed by atoms with Crippen molar-refractivity contribution >= 4 is 17.3 Å². The highest BCUT2D eigenvalue weighted by Gasteiger charge is 2.46. The second-order valence-corrected chi connectivity index (χ2v) is 7.44. The fraction of sp³-hybridized carbons (Fsp3) is 0.556. The normalized spacial score (nSPS) is 27.0. The van der Waals surface area contributed by atoms with Gasteiger partial charge in [-0.1, -0.05) is 6.42 Å². The van der Waals surface area contributed by atoms with Crippen LogP contribution in [0, 0.1) is 16.7 Å². The van der Waals surface area contributed by atoms with Crippen LogP contribution >= 0.6 is 0 Å². The van der Waals surface area contributed by atoms with Gasteiger partial charge in [-0.15, -0.1) is 0 Å². The maximum atomic E-state index is 12.3. The third-order valence-electron chi connectivity index (χ3n) is 5.61. The van der Waals surface area contributed by atoms with Crippen LogP contribution in [0.3, 0.4) is 0 Å². The number of carbonyl (C=O) groups is 1. The molecular formula is C18H21N5O3. The lowest BCUT2D eigenvalue weighted by Crippen LogP contribution is -2.40. The fourth-order valence-electron chi connectivity index (χ4n) is 3.67. The molecule has 0 bridgehead atoms. The Kier molecular flexibility index (Phi) is 3.84. The maximum absolute atomic E-state index is 12.3. The van der Waals surface area contributed by atoms with Gasteiger partial charge >= 0.3 is 5.97 Å². The van der Waals surface area contributed by atoms with Gasteiger partial charge in [0, 0.05) is 0 Å². The molecule has 8 heteroatoms. The first-order chi connectivity index (χ1) is 12.5. The predicted molar refractivity (Wildman–Crippen MR) is 91.7 cm³/mol. The van der Waals surface area contributed by atoms with Crippen molar-refractivity contribution in [2.24, 2.45) is 5.41 Å². The largest absolute Gasteiger partial charge is 0.461 e. The average molecular weight is 355 g/mol. The van der Waals surface area contributed by atoms with E-state index < -0.39 is 11.0 Å².